The van der Waals surface area contributed by atoms with E-state index in [1.54, 1.807) is 49.8 Å². The van der Waals surface area contributed by atoms with E-state index >= 15 is 0 Å². The lowest BCUT2D eigenvalue weighted by Gasteiger charge is -2.16. The van der Waals surface area contributed by atoms with Gasteiger partial charge < -0.3 is 5.32 Å². The van der Waals surface area contributed by atoms with Crippen LogP contribution in [0.3, 0.4) is 0 Å². The molecule has 0 unspecified atom stereocenters. The van der Waals surface area contributed by atoms with E-state index < -0.39 is 17.6 Å². The first-order valence-electron chi connectivity index (χ1n) is 10.8. The van der Waals surface area contributed by atoms with Gasteiger partial charge in [0.2, 0.25) is 0 Å². The van der Waals surface area contributed by atoms with Gasteiger partial charge in [-0.15, -0.1) is 0 Å². The van der Waals surface area contributed by atoms with Gasteiger partial charge in [-0.1, -0.05) is 6.07 Å². The Labute approximate surface area is 194 Å². The fourth-order valence-corrected chi connectivity index (χ4v) is 3.95. The minimum Gasteiger partial charge on any atom is -0.348 e. The van der Waals surface area contributed by atoms with E-state index in [0.29, 0.717) is 33.7 Å². The summed E-state index contributed by atoms with van der Waals surface area (Å²) in [6, 6.07) is 7.54. The maximum atomic E-state index is 13.8. The molecule has 10 heteroatoms. The minimum atomic E-state index is -4.59. The number of pyridine rings is 1. The SMILES string of the molecule is Cc1cc(C)n(-c2ccc(CNC(=O)c3cc4cnn(C(C)C)c4nc3C)c(C(F)(F)F)c2)n1. The molecule has 0 aliphatic carbocycles. The zero-order chi connectivity index (χ0) is 24.8. The first-order valence-corrected chi connectivity index (χ1v) is 10.8. The topological polar surface area (TPSA) is 77.6 Å². The third-order valence-electron chi connectivity index (χ3n) is 5.59. The summed E-state index contributed by atoms with van der Waals surface area (Å²) in [5, 5.41) is 11.9. The Balaban J connectivity index is 1.61. The zero-order valence-electron chi connectivity index (χ0n) is 19.5. The largest absolute Gasteiger partial charge is 0.416 e. The molecule has 0 spiro atoms. The number of aryl methyl sites for hydroxylation is 3. The van der Waals surface area contributed by atoms with Crippen molar-refractivity contribution in [2.75, 3.05) is 0 Å². The zero-order valence-corrected chi connectivity index (χ0v) is 19.5. The lowest BCUT2D eigenvalue weighted by atomic mass is 10.1. The Hall–Kier alpha value is -3.69. The summed E-state index contributed by atoms with van der Waals surface area (Å²) in [6.45, 7) is 8.91. The van der Waals surface area contributed by atoms with Crippen LogP contribution in [0.1, 0.15) is 58.5 Å². The molecule has 3 heterocycles. The Morgan fingerprint density at radius 2 is 1.85 bits per heavy atom. The van der Waals surface area contributed by atoms with Crippen molar-refractivity contribution in [1.29, 1.82) is 0 Å². The highest BCUT2D eigenvalue weighted by Gasteiger charge is 2.34. The second-order valence-corrected chi connectivity index (χ2v) is 8.58. The molecule has 0 saturated carbocycles. The summed E-state index contributed by atoms with van der Waals surface area (Å²) in [7, 11) is 0. The van der Waals surface area contributed by atoms with Crippen LogP contribution in [0.4, 0.5) is 13.2 Å². The van der Waals surface area contributed by atoms with Crippen molar-refractivity contribution in [3.63, 3.8) is 0 Å². The van der Waals surface area contributed by atoms with Gasteiger partial charge in [0.1, 0.15) is 0 Å². The van der Waals surface area contributed by atoms with Crippen LogP contribution in [0.15, 0.2) is 36.5 Å². The van der Waals surface area contributed by atoms with Crippen LogP contribution in [0.2, 0.25) is 0 Å². The average Bonchev–Trinajstić information content (AvgIpc) is 3.32. The number of aromatic nitrogens is 5. The monoisotopic (exact) mass is 470 g/mol. The fourth-order valence-electron chi connectivity index (χ4n) is 3.95. The molecule has 178 valence electrons. The first-order chi connectivity index (χ1) is 16.0. The molecular formula is C24H25F3N6O. The highest BCUT2D eigenvalue weighted by atomic mass is 19.4. The number of amides is 1. The number of carbonyl (C=O) groups excluding carboxylic acids is 1. The van der Waals surface area contributed by atoms with Gasteiger partial charge in [-0.2, -0.15) is 23.4 Å². The van der Waals surface area contributed by atoms with Crippen LogP contribution in [0.25, 0.3) is 16.7 Å². The molecule has 1 aromatic carbocycles. The number of benzene rings is 1. The lowest BCUT2D eigenvalue weighted by Crippen LogP contribution is -2.25. The first kappa shape index (κ1) is 23.5. The van der Waals surface area contributed by atoms with Crippen LogP contribution in [-0.2, 0) is 12.7 Å². The Bertz CT molecular complexity index is 1380. The molecule has 1 amide bonds. The highest BCUT2D eigenvalue weighted by Crippen LogP contribution is 2.34. The molecule has 4 rings (SSSR count). The summed E-state index contributed by atoms with van der Waals surface area (Å²) >= 11 is 0. The van der Waals surface area contributed by atoms with Gasteiger partial charge in [0.05, 0.1) is 34.4 Å². The van der Waals surface area contributed by atoms with Crippen molar-refractivity contribution in [2.24, 2.45) is 0 Å². The molecule has 0 saturated heterocycles. The van der Waals surface area contributed by atoms with Gasteiger partial charge in [0, 0.05) is 23.7 Å². The number of nitrogens with one attached hydrogen (secondary N) is 1. The molecular weight excluding hydrogens is 445 g/mol. The number of rotatable bonds is 5. The second kappa shape index (κ2) is 8.58. The summed E-state index contributed by atoms with van der Waals surface area (Å²) < 4.78 is 44.7. The molecule has 0 fully saturated rings. The summed E-state index contributed by atoms with van der Waals surface area (Å²) in [5.41, 5.74) is 2.32. The van der Waals surface area contributed by atoms with E-state index in [1.165, 1.54) is 10.7 Å². The molecule has 0 bridgehead atoms. The highest BCUT2D eigenvalue weighted by molar-refractivity contribution is 5.98. The van der Waals surface area contributed by atoms with Crippen LogP contribution >= 0.6 is 0 Å². The van der Waals surface area contributed by atoms with Crippen molar-refractivity contribution < 1.29 is 18.0 Å². The molecule has 4 aromatic rings. The van der Waals surface area contributed by atoms with Crippen LogP contribution in [0, 0.1) is 20.8 Å². The number of hydrogen-bond donors (Lipinski definition) is 1. The molecule has 7 nitrogen and oxygen atoms in total. The summed E-state index contributed by atoms with van der Waals surface area (Å²) in [5.74, 6) is -0.500. The smallest absolute Gasteiger partial charge is 0.348 e. The van der Waals surface area contributed by atoms with Crippen molar-refractivity contribution in [3.05, 3.63) is 70.3 Å². The third kappa shape index (κ3) is 4.40. The number of fused-ring (bicyclic) bond motifs is 1. The van der Waals surface area contributed by atoms with Crippen LogP contribution in [0.5, 0.6) is 0 Å². The molecule has 0 aliphatic rings. The molecule has 0 radical (unpaired) electrons. The van der Waals surface area contributed by atoms with Gasteiger partial charge in [-0.05, 0) is 64.4 Å². The van der Waals surface area contributed by atoms with E-state index in [1.807, 2.05) is 13.8 Å². The quantitative estimate of drug-likeness (QED) is 0.442. The maximum absolute atomic E-state index is 13.8. The van der Waals surface area contributed by atoms with E-state index in [4.69, 9.17) is 0 Å². The summed E-state index contributed by atoms with van der Waals surface area (Å²) in [4.78, 5) is 17.3. The number of carbonyl (C=O) groups is 1. The van der Waals surface area contributed by atoms with Crippen LogP contribution < -0.4 is 5.32 Å². The third-order valence-corrected chi connectivity index (χ3v) is 5.59. The number of alkyl halides is 3. The molecule has 3 aromatic heterocycles. The number of halogens is 3. The van der Waals surface area contributed by atoms with Gasteiger partial charge in [-0.25, -0.2) is 14.3 Å². The minimum absolute atomic E-state index is 0.0366. The normalized spacial score (nSPS) is 12.0. The average molecular weight is 470 g/mol. The van der Waals surface area contributed by atoms with Gasteiger partial charge >= 0.3 is 6.18 Å². The van der Waals surface area contributed by atoms with Crippen molar-refractivity contribution in [2.45, 2.75) is 53.4 Å². The van der Waals surface area contributed by atoms with Crippen molar-refractivity contribution >= 4 is 16.9 Å². The fraction of sp³-hybridized carbons (Fsp3) is 0.333. The standard InChI is InChI=1S/C24H25F3N6O/c1-13(2)32-22-18(12-29-32)9-20(16(5)30-22)23(34)28-11-17-6-7-19(10-21(17)24(25,26)27)33-15(4)8-14(3)31-33/h6-10,12-13H,11H2,1-5H3,(H,28,34). The van der Waals surface area contributed by atoms with Crippen molar-refractivity contribution in [1.82, 2.24) is 29.9 Å². The van der Waals surface area contributed by atoms with E-state index in [0.717, 1.165) is 11.8 Å². The Morgan fingerprint density at radius 1 is 1.12 bits per heavy atom. The Morgan fingerprint density at radius 3 is 2.47 bits per heavy atom. The predicted octanol–water partition coefficient (Wildman–Crippen LogP) is 5.07. The summed E-state index contributed by atoms with van der Waals surface area (Å²) in [6.07, 6.45) is -2.97. The van der Waals surface area contributed by atoms with Crippen molar-refractivity contribution in [3.8, 4) is 5.69 Å². The van der Waals surface area contributed by atoms with Crippen LogP contribution in [-0.4, -0.2) is 30.5 Å². The molecule has 0 aliphatic heterocycles. The number of hydrogen-bond acceptors (Lipinski definition) is 4. The van der Waals surface area contributed by atoms with E-state index in [9.17, 15) is 18.0 Å². The van der Waals surface area contributed by atoms with E-state index in [-0.39, 0.29) is 18.2 Å². The van der Waals surface area contributed by atoms with Gasteiger partial charge in [-0.3, -0.25) is 4.79 Å². The van der Waals surface area contributed by atoms with Gasteiger partial charge in [0.25, 0.3) is 5.91 Å². The van der Waals surface area contributed by atoms with E-state index in [2.05, 4.69) is 20.5 Å². The number of nitrogens with zero attached hydrogens (tertiary/aromatic N) is 5. The second-order valence-electron chi connectivity index (χ2n) is 8.58. The predicted molar refractivity (Wildman–Crippen MR) is 122 cm³/mol. The maximum Gasteiger partial charge on any atom is 0.416 e. The molecule has 0 atom stereocenters. The Kier molecular flexibility index (Phi) is 5.93. The molecule has 1 N–H and O–H groups in total. The molecule has 34 heavy (non-hydrogen) atoms. The van der Waals surface area contributed by atoms with Gasteiger partial charge in [0.15, 0.2) is 5.65 Å². The lowest BCUT2D eigenvalue weighted by molar-refractivity contribution is -0.138.